The molecule has 1 aliphatic carbocycles. The molecule has 110 valence electrons. The number of sulfonamides is 1. The van der Waals surface area contributed by atoms with E-state index < -0.39 is 10.0 Å². The van der Waals surface area contributed by atoms with Gasteiger partial charge in [-0.25, -0.2) is 13.1 Å². The highest BCUT2D eigenvalue weighted by Crippen LogP contribution is 2.42. The van der Waals surface area contributed by atoms with Gasteiger partial charge in [0, 0.05) is 16.9 Å². The van der Waals surface area contributed by atoms with E-state index in [1.807, 2.05) is 6.26 Å². The van der Waals surface area contributed by atoms with Crippen molar-refractivity contribution in [3.63, 3.8) is 0 Å². The van der Waals surface area contributed by atoms with Crippen LogP contribution < -0.4 is 4.72 Å². The molecule has 1 N–H and O–H groups in total. The van der Waals surface area contributed by atoms with Crippen LogP contribution in [0.2, 0.25) is 0 Å². The van der Waals surface area contributed by atoms with Gasteiger partial charge in [0.15, 0.2) is 5.78 Å². The van der Waals surface area contributed by atoms with Crippen molar-refractivity contribution in [1.82, 2.24) is 4.72 Å². The molecule has 0 aliphatic heterocycles. The first-order valence-corrected chi connectivity index (χ1v) is 9.25. The Morgan fingerprint density at radius 1 is 1.30 bits per heavy atom. The minimum Gasteiger partial charge on any atom is -0.295 e. The first-order chi connectivity index (χ1) is 9.38. The van der Waals surface area contributed by atoms with Gasteiger partial charge in [-0.2, -0.15) is 11.8 Å². The van der Waals surface area contributed by atoms with E-state index in [2.05, 4.69) is 4.72 Å². The first-order valence-electron chi connectivity index (χ1n) is 6.54. The van der Waals surface area contributed by atoms with E-state index in [4.69, 9.17) is 0 Å². The van der Waals surface area contributed by atoms with E-state index >= 15 is 0 Å². The van der Waals surface area contributed by atoms with Crippen LogP contribution in [0.1, 0.15) is 36.5 Å². The lowest BCUT2D eigenvalue weighted by Crippen LogP contribution is -2.45. The normalized spacial score (nSPS) is 17.5. The van der Waals surface area contributed by atoms with E-state index in [0.29, 0.717) is 12.1 Å². The zero-order chi connectivity index (χ0) is 14.8. The number of Topliss-reactive ketones (excluding diaryl/α,β-unsaturated/α-hetero) is 1. The zero-order valence-corrected chi connectivity index (χ0v) is 13.3. The minimum atomic E-state index is -3.50. The molecule has 0 heterocycles. The number of hydrogen-bond acceptors (Lipinski definition) is 4. The molecule has 1 aliphatic rings. The van der Waals surface area contributed by atoms with Gasteiger partial charge in [-0.1, -0.05) is 18.6 Å². The molecule has 0 unspecified atom stereocenters. The lowest BCUT2D eigenvalue weighted by molar-refractivity contribution is 0.101. The molecule has 2 rings (SSSR count). The Morgan fingerprint density at radius 3 is 2.30 bits per heavy atom. The zero-order valence-electron chi connectivity index (χ0n) is 11.7. The van der Waals surface area contributed by atoms with Crippen LogP contribution >= 0.6 is 11.8 Å². The first kappa shape index (κ1) is 15.5. The van der Waals surface area contributed by atoms with Gasteiger partial charge in [0.05, 0.1) is 4.90 Å². The molecule has 0 radical (unpaired) electrons. The lowest BCUT2D eigenvalue weighted by atomic mass is 9.84. The van der Waals surface area contributed by atoms with Gasteiger partial charge < -0.3 is 0 Å². The Kier molecular flexibility index (Phi) is 4.56. The van der Waals surface area contributed by atoms with Crippen molar-refractivity contribution in [2.45, 2.75) is 35.8 Å². The summed E-state index contributed by atoms with van der Waals surface area (Å²) in [6.45, 7) is 1.92. The molecule has 1 aromatic rings. The van der Waals surface area contributed by atoms with Crippen LogP contribution in [0, 0.1) is 0 Å². The smallest absolute Gasteiger partial charge is 0.240 e. The van der Waals surface area contributed by atoms with Crippen LogP contribution in [0.3, 0.4) is 0 Å². The number of carbonyl (C=O) groups excluding carboxylic acids is 1. The maximum Gasteiger partial charge on any atom is 0.240 e. The van der Waals surface area contributed by atoms with Crippen molar-refractivity contribution in [2.24, 2.45) is 0 Å². The Balaban J connectivity index is 2.08. The quantitative estimate of drug-likeness (QED) is 0.819. The minimum absolute atomic E-state index is 0.0619. The summed E-state index contributed by atoms with van der Waals surface area (Å²) in [7, 11) is -3.50. The fourth-order valence-corrected chi connectivity index (χ4v) is 4.34. The second-order valence-electron chi connectivity index (χ2n) is 5.15. The van der Waals surface area contributed by atoms with Gasteiger partial charge in [-0.05, 0) is 38.2 Å². The number of nitrogens with one attached hydrogen (secondary N) is 1. The summed E-state index contributed by atoms with van der Waals surface area (Å²) < 4.78 is 27.2. The van der Waals surface area contributed by atoms with Crippen molar-refractivity contribution < 1.29 is 13.2 Å². The maximum absolute atomic E-state index is 12.2. The van der Waals surface area contributed by atoms with Crippen LogP contribution in [0.15, 0.2) is 29.2 Å². The number of ketones is 1. The topological polar surface area (TPSA) is 63.2 Å². The third-order valence-electron chi connectivity index (χ3n) is 3.85. The van der Waals surface area contributed by atoms with Crippen molar-refractivity contribution in [3.8, 4) is 0 Å². The summed E-state index contributed by atoms with van der Waals surface area (Å²) in [6, 6.07) is 6.05. The SMILES string of the molecule is CSC1(CNS(=O)(=O)c2ccc(C(C)=O)cc2)CCC1. The lowest BCUT2D eigenvalue weighted by Gasteiger charge is -2.40. The van der Waals surface area contributed by atoms with E-state index in [1.165, 1.54) is 19.1 Å². The standard InChI is InChI=1S/C14H19NO3S2/c1-11(16)12-4-6-13(7-5-12)20(17,18)15-10-14(19-2)8-3-9-14/h4-7,15H,3,8-10H2,1-2H3. The summed E-state index contributed by atoms with van der Waals surface area (Å²) >= 11 is 1.73. The van der Waals surface area contributed by atoms with Crippen molar-refractivity contribution in [2.75, 3.05) is 12.8 Å². The molecule has 6 heteroatoms. The number of benzene rings is 1. The molecular formula is C14H19NO3S2. The average molecular weight is 313 g/mol. The summed E-state index contributed by atoms with van der Waals surface area (Å²) in [5, 5.41) is 0. The predicted molar refractivity (Wildman–Crippen MR) is 81.7 cm³/mol. The van der Waals surface area contributed by atoms with Crippen molar-refractivity contribution in [3.05, 3.63) is 29.8 Å². The molecule has 1 aromatic carbocycles. The van der Waals surface area contributed by atoms with Crippen LogP contribution in [-0.2, 0) is 10.0 Å². The third kappa shape index (κ3) is 3.24. The van der Waals surface area contributed by atoms with Gasteiger partial charge in [0.1, 0.15) is 0 Å². The number of hydrogen-bond donors (Lipinski definition) is 1. The number of rotatable bonds is 6. The predicted octanol–water partition coefficient (Wildman–Crippen LogP) is 2.45. The van der Waals surface area contributed by atoms with Crippen LogP contribution in [0.5, 0.6) is 0 Å². The largest absolute Gasteiger partial charge is 0.295 e. The average Bonchev–Trinajstić information content (AvgIpc) is 2.38. The Bertz CT molecular complexity index is 584. The molecule has 20 heavy (non-hydrogen) atoms. The molecular weight excluding hydrogens is 294 g/mol. The summed E-state index contributed by atoms with van der Waals surface area (Å²) in [5.74, 6) is -0.0716. The van der Waals surface area contributed by atoms with Crippen LogP contribution in [0.25, 0.3) is 0 Å². The van der Waals surface area contributed by atoms with Gasteiger partial charge in [0.2, 0.25) is 10.0 Å². The Morgan fingerprint density at radius 2 is 1.90 bits per heavy atom. The number of thioether (sulfide) groups is 1. The van der Waals surface area contributed by atoms with Gasteiger partial charge in [-0.3, -0.25) is 4.79 Å². The molecule has 0 atom stereocenters. The molecule has 1 saturated carbocycles. The van der Waals surface area contributed by atoms with E-state index in [9.17, 15) is 13.2 Å². The Hall–Kier alpha value is -0.850. The van der Waals surface area contributed by atoms with E-state index in [0.717, 1.165) is 19.3 Å². The van der Waals surface area contributed by atoms with Gasteiger partial charge >= 0.3 is 0 Å². The van der Waals surface area contributed by atoms with Crippen LogP contribution in [0.4, 0.5) is 0 Å². The molecule has 0 aromatic heterocycles. The number of carbonyl (C=O) groups is 1. The molecule has 0 spiro atoms. The summed E-state index contributed by atoms with van der Waals surface area (Å²) in [6.07, 6.45) is 5.30. The second kappa shape index (κ2) is 5.87. The highest BCUT2D eigenvalue weighted by Gasteiger charge is 2.37. The molecule has 0 bridgehead atoms. The molecule has 1 fully saturated rings. The van der Waals surface area contributed by atoms with E-state index in [1.54, 1.807) is 23.9 Å². The summed E-state index contributed by atoms with van der Waals surface area (Å²) in [5.41, 5.74) is 0.517. The Labute approximate surface area is 124 Å². The fourth-order valence-electron chi connectivity index (χ4n) is 2.20. The van der Waals surface area contributed by atoms with Gasteiger partial charge in [-0.15, -0.1) is 0 Å². The van der Waals surface area contributed by atoms with E-state index in [-0.39, 0.29) is 15.4 Å². The maximum atomic E-state index is 12.2. The fraction of sp³-hybridized carbons (Fsp3) is 0.500. The molecule has 4 nitrogen and oxygen atoms in total. The van der Waals surface area contributed by atoms with Crippen molar-refractivity contribution >= 4 is 27.6 Å². The summed E-state index contributed by atoms with van der Waals surface area (Å²) in [4.78, 5) is 11.4. The highest BCUT2D eigenvalue weighted by atomic mass is 32.2. The van der Waals surface area contributed by atoms with Gasteiger partial charge in [0.25, 0.3) is 0 Å². The molecule has 0 amide bonds. The molecule has 0 saturated heterocycles. The van der Waals surface area contributed by atoms with Crippen LogP contribution in [-0.4, -0.2) is 31.7 Å². The highest BCUT2D eigenvalue weighted by molar-refractivity contribution is 8.00. The third-order valence-corrected chi connectivity index (χ3v) is 6.69. The second-order valence-corrected chi connectivity index (χ2v) is 8.19. The van der Waals surface area contributed by atoms with Crippen molar-refractivity contribution in [1.29, 1.82) is 0 Å². The monoisotopic (exact) mass is 313 g/mol.